The van der Waals surface area contributed by atoms with Gasteiger partial charge < -0.3 is 0 Å². The highest BCUT2D eigenvalue weighted by molar-refractivity contribution is 6.00. The largest absolute Gasteiger partial charge is 0.265 e. The molecule has 0 aliphatic heterocycles. The zero-order chi connectivity index (χ0) is 20.6. The molecule has 31 heavy (non-hydrogen) atoms. The molecule has 4 nitrogen and oxygen atoms in total. The predicted molar refractivity (Wildman–Crippen MR) is 125 cm³/mol. The number of rotatable bonds is 3. The van der Waals surface area contributed by atoms with Gasteiger partial charge in [-0.05, 0) is 53.6 Å². The van der Waals surface area contributed by atoms with Crippen LogP contribution in [0.5, 0.6) is 0 Å². The van der Waals surface area contributed by atoms with Crippen molar-refractivity contribution in [2.24, 2.45) is 0 Å². The molecule has 0 unspecified atom stereocenters. The Bertz CT molecular complexity index is 1510. The van der Waals surface area contributed by atoms with E-state index in [9.17, 15) is 0 Å². The van der Waals surface area contributed by atoms with Gasteiger partial charge >= 0.3 is 0 Å². The van der Waals surface area contributed by atoms with Gasteiger partial charge in [-0.15, -0.1) is 0 Å². The Morgan fingerprint density at radius 1 is 0.613 bits per heavy atom. The fourth-order valence-electron chi connectivity index (χ4n) is 3.99. The van der Waals surface area contributed by atoms with Crippen molar-refractivity contribution >= 4 is 21.9 Å². The van der Waals surface area contributed by atoms with E-state index in [4.69, 9.17) is 10.1 Å². The molecule has 146 valence electrons. The standard InChI is InChI=1S/C27H18N4/c1-3-7-20(8-4-1)26-24-18-22-17-21(19-13-15-28-16-14-19)11-12-25(22)29-27(24)31(30-26)23-9-5-2-6-10-23/h1-18H. The van der Waals surface area contributed by atoms with E-state index in [1.54, 1.807) is 0 Å². The average Bonchev–Trinajstić information content (AvgIpc) is 3.22. The average molecular weight is 398 g/mol. The van der Waals surface area contributed by atoms with Crippen molar-refractivity contribution < 1.29 is 0 Å². The van der Waals surface area contributed by atoms with Gasteiger partial charge in [0.2, 0.25) is 0 Å². The van der Waals surface area contributed by atoms with E-state index in [-0.39, 0.29) is 0 Å². The van der Waals surface area contributed by atoms with Crippen LogP contribution in [0.4, 0.5) is 0 Å². The Balaban J connectivity index is 1.64. The van der Waals surface area contributed by atoms with E-state index in [2.05, 4.69) is 53.5 Å². The summed E-state index contributed by atoms with van der Waals surface area (Å²) in [7, 11) is 0. The summed E-state index contributed by atoms with van der Waals surface area (Å²) in [5.41, 5.74) is 7.09. The normalized spacial score (nSPS) is 11.2. The molecule has 0 bridgehead atoms. The molecule has 0 amide bonds. The molecular weight excluding hydrogens is 380 g/mol. The van der Waals surface area contributed by atoms with Crippen LogP contribution in [-0.2, 0) is 0 Å². The molecule has 0 saturated carbocycles. The third kappa shape index (κ3) is 3.06. The van der Waals surface area contributed by atoms with E-state index >= 15 is 0 Å². The quantitative estimate of drug-likeness (QED) is 0.351. The zero-order valence-corrected chi connectivity index (χ0v) is 16.7. The van der Waals surface area contributed by atoms with E-state index in [0.29, 0.717) is 0 Å². The third-order valence-corrected chi connectivity index (χ3v) is 5.51. The first kappa shape index (κ1) is 17.5. The van der Waals surface area contributed by atoms with Crippen LogP contribution in [0.25, 0.3) is 50.0 Å². The number of aromatic nitrogens is 4. The van der Waals surface area contributed by atoms with Gasteiger partial charge in [0.1, 0.15) is 5.69 Å². The van der Waals surface area contributed by atoms with Gasteiger partial charge in [0.15, 0.2) is 5.65 Å². The second kappa shape index (κ2) is 7.18. The van der Waals surface area contributed by atoms with Crippen molar-refractivity contribution in [3.63, 3.8) is 0 Å². The Labute approximate surface area is 179 Å². The molecule has 6 aromatic rings. The van der Waals surface area contributed by atoms with Crippen molar-refractivity contribution in [1.82, 2.24) is 19.7 Å². The first-order valence-electron chi connectivity index (χ1n) is 10.2. The first-order chi connectivity index (χ1) is 15.4. The predicted octanol–water partition coefficient (Wildman–Crippen LogP) is 6.30. The molecule has 4 heteroatoms. The van der Waals surface area contributed by atoms with Crippen molar-refractivity contribution in [3.8, 4) is 28.1 Å². The van der Waals surface area contributed by atoms with Gasteiger partial charge in [0.05, 0.1) is 11.2 Å². The molecule has 3 aromatic carbocycles. The summed E-state index contributed by atoms with van der Waals surface area (Å²) in [6, 6.07) is 33.1. The molecule has 0 atom stereocenters. The van der Waals surface area contributed by atoms with Crippen molar-refractivity contribution in [1.29, 1.82) is 0 Å². The molecule has 0 saturated heterocycles. The summed E-state index contributed by atoms with van der Waals surface area (Å²) < 4.78 is 1.94. The van der Waals surface area contributed by atoms with Crippen LogP contribution in [-0.4, -0.2) is 19.7 Å². The fraction of sp³-hybridized carbons (Fsp3) is 0. The van der Waals surface area contributed by atoms with Crippen LogP contribution in [0.2, 0.25) is 0 Å². The number of hydrogen-bond acceptors (Lipinski definition) is 3. The van der Waals surface area contributed by atoms with E-state index < -0.39 is 0 Å². The second-order valence-electron chi connectivity index (χ2n) is 7.46. The summed E-state index contributed by atoms with van der Waals surface area (Å²) in [5.74, 6) is 0. The van der Waals surface area contributed by atoms with Crippen LogP contribution in [0, 0.1) is 0 Å². The minimum absolute atomic E-state index is 0.856. The monoisotopic (exact) mass is 398 g/mol. The van der Waals surface area contributed by atoms with Gasteiger partial charge in [-0.1, -0.05) is 54.6 Å². The molecule has 0 aliphatic rings. The molecule has 0 fully saturated rings. The lowest BCUT2D eigenvalue weighted by Gasteiger charge is -2.06. The van der Waals surface area contributed by atoms with Gasteiger partial charge in [0.25, 0.3) is 0 Å². The van der Waals surface area contributed by atoms with E-state index in [0.717, 1.165) is 50.0 Å². The molecule has 0 spiro atoms. The summed E-state index contributed by atoms with van der Waals surface area (Å²) in [6.07, 6.45) is 3.64. The van der Waals surface area contributed by atoms with Crippen molar-refractivity contribution in [2.45, 2.75) is 0 Å². The SMILES string of the molecule is c1ccc(-c2nn(-c3ccccc3)c3nc4ccc(-c5ccncc5)cc4cc23)cc1. The Morgan fingerprint density at radius 2 is 1.35 bits per heavy atom. The molecule has 6 rings (SSSR count). The lowest BCUT2D eigenvalue weighted by Crippen LogP contribution is -1.97. The van der Waals surface area contributed by atoms with Crippen LogP contribution in [0.15, 0.2) is 109 Å². The molecular formula is C27H18N4. The molecule has 0 aliphatic carbocycles. The highest BCUT2D eigenvalue weighted by Gasteiger charge is 2.16. The molecule has 3 heterocycles. The number of para-hydroxylation sites is 1. The van der Waals surface area contributed by atoms with Gasteiger partial charge in [0, 0.05) is 28.7 Å². The summed E-state index contributed by atoms with van der Waals surface area (Å²) in [6.45, 7) is 0. The van der Waals surface area contributed by atoms with E-state index in [1.807, 2.05) is 65.6 Å². The zero-order valence-electron chi connectivity index (χ0n) is 16.7. The maximum atomic E-state index is 5.02. The third-order valence-electron chi connectivity index (χ3n) is 5.51. The van der Waals surface area contributed by atoms with Gasteiger partial charge in [-0.25, -0.2) is 9.67 Å². The van der Waals surface area contributed by atoms with Gasteiger partial charge in [-0.3, -0.25) is 4.98 Å². The molecule has 0 N–H and O–H groups in total. The first-order valence-corrected chi connectivity index (χ1v) is 10.2. The topological polar surface area (TPSA) is 43.6 Å². The van der Waals surface area contributed by atoms with Crippen LogP contribution in [0.3, 0.4) is 0 Å². The highest BCUT2D eigenvalue weighted by atomic mass is 15.3. The summed E-state index contributed by atoms with van der Waals surface area (Å²) in [4.78, 5) is 9.15. The van der Waals surface area contributed by atoms with Crippen molar-refractivity contribution in [2.75, 3.05) is 0 Å². The fourth-order valence-corrected chi connectivity index (χ4v) is 3.99. The maximum absolute atomic E-state index is 5.02. The minimum atomic E-state index is 0.856. The highest BCUT2D eigenvalue weighted by Crippen LogP contribution is 2.32. The molecule has 0 radical (unpaired) electrons. The Hall–Kier alpha value is -4.31. The molecule has 3 aromatic heterocycles. The number of nitrogens with zero attached hydrogens (tertiary/aromatic N) is 4. The number of fused-ring (bicyclic) bond motifs is 2. The van der Waals surface area contributed by atoms with Gasteiger partial charge in [-0.2, -0.15) is 5.10 Å². The Kier molecular flexibility index (Phi) is 4.06. The smallest absolute Gasteiger partial charge is 0.164 e. The summed E-state index contributed by atoms with van der Waals surface area (Å²) >= 11 is 0. The number of hydrogen-bond donors (Lipinski definition) is 0. The Morgan fingerprint density at radius 3 is 2.13 bits per heavy atom. The number of pyridine rings is 2. The van der Waals surface area contributed by atoms with Crippen LogP contribution < -0.4 is 0 Å². The second-order valence-corrected chi connectivity index (χ2v) is 7.46. The van der Waals surface area contributed by atoms with E-state index in [1.165, 1.54) is 0 Å². The van der Waals surface area contributed by atoms with Crippen LogP contribution in [0.1, 0.15) is 0 Å². The number of benzene rings is 3. The van der Waals surface area contributed by atoms with Crippen molar-refractivity contribution in [3.05, 3.63) is 109 Å². The lowest BCUT2D eigenvalue weighted by molar-refractivity contribution is 0.903. The van der Waals surface area contributed by atoms with Crippen LogP contribution >= 0.6 is 0 Å². The summed E-state index contributed by atoms with van der Waals surface area (Å²) in [5, 5.41) is 7.11. The maximum Gasteiger partial charge on any atom is 0.164 e. The lowest BCUT2D eigenvalue weighted by atomic mass is 10.0. The minimum Gasteiger partial charge on any atom is -0.265 e.